The summed E-state index contributed by atoms with van der Waals surface area (Å²) in [4.78, 5) is 37.2. The first-order valence-electron chi connectivity index (χ1n) is 6.81. The second kappa shape index (κ2) is 6.13. The molecule has 1 aromatic heterocycles. The summed E-state index contributed by atoms with van der Waals surface area (Å²) in [5, 5.41) is 13.7. The molecule has 1 unspecified atom stereocenters. The minimum Gasteiger partial charge on any atom is -0.322 e. The van der Waals surface area contributed by atoms with E-state index in [1.807, 2.05) is 6.07 Å². The standard InChI is InChI=1S/C14H13N5O3S/c1-8-17-18-13(23-8)15-10(20)7-19-12(21)11(16-14(19)22)9-5-3-2-4-6-9/h2-6,11H,7H2,1H3,(H,16,22)(H,15,18,20). The molecule has 118 valence electrons. The fourth-order valence-corrected chi connectivity index (χ4v) is 2.80. The van der Waals surface area contributed by atoms with E-state index in [1.165, 1.54) is 11.3 Å². The molecule has 0 saturated carbocycles. The number of urea groups is 1. The van der Waals surface area contributed by atoms with Gasteiger partial charge in [0.05, 0.1) is 0 Å². The molecule has 1 aliphatic rings. The Morgan fingerprint density at radius 1 is 1.30 bits per heavy atom. The molecule has 1 aliphatic heterocycles. The fraction of sp³-hybridized carbons (Fsp3) is 0.214. The lowest BCUT2D eigenvalue weighted by Gasteiger charge is -2.12. The van der Waals surface area contributed by atoms with E-state index in [-0.39, 0.29) is 6.54 Å². The number of nitrogens with one attached hydrogen (secondary N) is 2. The number of hydrogen-bond donors (Lipinski definition) is 2. The lowest BCUT2D eigenvalue weighted by atomic mass is 10.1. The zero-order valence-electron chi connectivity index (χ0n) is 12.1. The van der Waals surface area contributed by atoms with Crippen molar-refractivity contribution in [1.29, 1.82) is 0 Å². The second-order valence-corrected chi connectivity index (χ2v) is 6.07. The highest BCUT2D eigenvalue weighted by molar-refractivity contribution is 7.15. The lowest BCUT2D eigenvalue weighted by Crippen LogP contribution is -2.38. The van der Waals surface area contributed by atoms with E-state index in [2.05, 4.69) is 20.8 Å². The Morgan fingerprint density at radius 3 is 2.70 bits per heavy atom. The zero-order valence-corrected chi connectivity index (χ0v) is 13.0. The Kier molecular flexibility index (Phi) is 4.02. The third-order valence-electron chi connectivity index (χ3n) is 3.23. The molecule has 8 nitrogen and oxygen atoms in total. The molecule has 1 atom stereocenters. The number of rotatable bonds is 4. The van der Waals surface area contributed by atoms with E-state index in [9.17, 15) is 14.4 Å². The van der Waals surface area contributed by atoms with Crippen molar-refractivity contribution in [2.75, 3.05) is 11.9 Å². The molecule has 0 radical (unpaired) electrons. The summed E-state index contributed by atoms with van der Waals surface area (Å²) in [6.07, 6.45) is 0. The maximum Gasteiger partial charge on any atom is 0.325 e. The Labute approximate surface area is 135 Å². The predicted octanol–water partition coefficient (Wildman–Crippen LogP) is 1.08. The largest absolute Gasteiger partial charge is 0.325 e. The van der Waals surface area contributed by atoms with Gasteiger partial charge in [-0.25, -0.2) is 4.79 Å². The van der Waals surface area contributed by atoms with Gasteiger partial charge in [0.2, 0.25) is 11.0 Å². The smallest absolute Gasteiger partial charge is 0.322 e. The summed E-state index contributed by atoms with van der Waals surface area (Å²) in [7, 11) is 0. The number of carbonyl (C=O) groups excluding carboxylic acids is 3. The van der Waals surface area contributed by atoms with Crippen LogP contribution in [0.4, 0.5) is 9.93 Å². The monoisotopic (exact) mass is 331 g/mol. The van der Waals surface area contributed by atoms with Crippen LogP contribution in [-0.2, 0) is 9.59 Å². The molecule has 1 aromatic carbocycles. The first-order chi connectivity index (χ1) is 11.0. The van der Waals surface area contributed by atoms with E-state index < -0.39 is 23.9 Å². The Morgan fingerprint density at radius 2 is 2.04 bits per heavy atom. The second-order valence-electron chi connectivity index (χ2n) is 4.89. The van der Waals surface area contributed by atoms with Crippen LogP contribution in [0.25, 0.3) is 0 Å². The van der Waals surface area contributed by atoms with Crippen molar-refractivity contribution in [1.82, 2.24) is 20.4 Å². The Hall–Kier alpha value is -2.81. The minimum absolute atomic E-state index is 0.333. The first kappa shape index (κ1) is 15.1. The van der Waals surface area contributed by atoms with Gasteiger partial charge in [0.25, 0.3) is 5.91 Å². The summed E-state index contributed by atoms with van der Waals surface area (Å²) in [5.41, 5.74) is 0.675. The fourth-order valence-electron chi connectivity index (χ4n) is 2.19. The van der Waals surface area contributed by atoms with Crippen molar-refractivity contribution in [2.45, 2.75) is 13.0 Å². The van der Waals surface area contributed by atoms with Gasteiger partial charge in [0.15, 0.2) is 0 Å². The first-order valence-corrected chi connectivity index (χ1v) is 7.63. The van der Waals surface area contributed by atoms with Crippen LogP contribution in [0.3, 0.4) is 0 Å². The molecule has 9 heteroatoms. The van der Waals surface area contributed by atoms with Crippen LogP contribution >= 0.6 is 11.3 Å². The molecule has 2 aromatic rings. The number of aromatic nitrogens is 2. The maximum absolute atomic E-state index is 12.3. The number of amides is 4. The van der Waals surface area contributed by atoms with Crippen LogP contribution in [-0.4, -0.2) is 39.5 Å². The maximum atomic E-state index is 12.3. The number of imide groups is 1. The molecule has 23 heavy (non-hydrogen) atoms. The molecule has 2 heterocycles. The highest BCUT2D eigenvalue weighted by atomic mass is 32.1. The third kappa shape index (κ3) is 3.19. The highest BCUT2D eigenvalue weighted by Crippen LogP contribution is 2.21. The molecule has 0 bridgehead atoms. The van der Waals surface area contributed by atoms with Crippen LogP contribution in [0.2, 0.25) is 0 Å². The SMILES string of the molecule is Cc1nnc(NC(=O)CN2C(=O)NC(c3ccccc3)C2=O)s1. The Bertz CT molecular complexity index is 761. The highest BCUT2D eigenvalue weighted by Gasteiger charge is 2.39. The predicted molar refractivity (Wildman–Crippen MR) is 82.7 cm³/mol. The van der Waals surface area contributed by atoms with Gasteiger partial charge in [-0.2, -0.15) is 0 Å². The molecular formula is C14H13N5O3S. The van der Waals surface area contributed by atoms with Gasteiger partial charge in [0.1, 0.15) is 17.6 Å². The van der Waals surface area contributed by atoms with Crippen LogP contribution in [0.1, 0.15) is 16.6 Å². The lowest BCUT2D eigenvalue weighted by molar-refractivity contribution is -0.130. The van der Waals surface area contributed by atoms with Crippen molar-refractivity contribution in [3.05, 3.63) is 40.9 Å². The molecule has 2 N–H and O–H groups in total. The van der Waals surface area contributed by atoms with Crippen molar-refractivity contribution in [3.8, 4) is 0 Å². The number of benzene rings is 1. The molecule has 1 saturated heterocycles. The van der Waals surface area contributed by atoms with Crippen LogP contribution in [0.15, 0.2) is 30.3 Å². The normalized spacial score (nSPS) is 17.3. The van der Waals surface area contributed by atoms with Crippen LogP contribution in [0.5, 0.6) is 0 Å². The quantitative estimate of drug-likeness (QED) is 0.816. The molecular weight excluding hydrogens is 318 g/mol. The molecule has 3 rings (SSSR count). The number of hydrogen-bond acceptors (Lipinski definition) is 6. The van der Waals surface area contributed by atoms with Gasteiger partial charge in [-0.1, -0.05) is 41.7 Å². The van der Waals surface area contributed by atoms with E-state index in [1.54, 1.807) is 31.2 Å². The van der Waals surface area contributed by atoms with Crippen molar-refractivity contribution in [3.63, 3.8) is 0 Å². The molecule has 0 spiro atoms. The van der Waals surface area contributed by atoms with Crippen LogP contribution < -0.4 is 10.6 Å². The molecule has 1 fully saturated rings. The summed E-state index contributed by atoms with van der Waals surface area (Å²) >= 11 is 1.21. The summed E-state index contributed by atoms with van der Waals surface area (Å²) < 4.78 is 0. The molecule has 0 aliphatic carbocycles. The van der Waals surface area contributed by atoms with Gasteiger partial charge < -0.3 is 5.32 Å². The van der Waals surface area contributed by atoms with E-state index in [0.717, 1.165) is 4.90 Å². The van der Waals surface area contributed by atoms with Gasteiger partial charge in [0, 0.05) is 0 Å². The third-order valence-corrected chi connectivity index (χ3v) is 3.99. The van der Waals surface area contributed by atoms with Crippen molar-refractivity contribution < 1.29 is 14.4 Å². The average molecular weight is 331 g/mol. The number of aryl methyl sites for hydroxylation is 1. The van der Waals surface area contributed by atoms with E-state index in [0.29, 0.717) is 15.7 Å². The van der Waals surface area contributed by atoms with Gasteiger partial charge in [-0.15, -0.1) is 10.2 Å². The molecule has 4 amide bonds. The topological polar surface area (TPSA) is 104 Å². The minimum atomic E-state index is -0.764. The number of carbonyl (C=O) groups is 3. The van der Waals surface area contributed by atoms with Gasteiger partial charge in [-0.3, -0.25) is 19.8 Å². The summed E-state index contributed by atoms with van der Waals surface area (Å²) in [5.74, 6) is -0.955. The summed E-state index contributed by atoms with van der Waals surface area (Å²) in [6.45, 7) is 1.39. The van der Waals surface area contributed by atoms with Crippen molar-refractivity contribution >= 4 is 34.3 Å². The van der Waals surface area contributed by atoms with Gasteiger partial charge in [-0.05, 0) is 12.5 Å². The number of anilines is 1. The van der Waals surface area contributed by atoms with Crippen LogP contribution in [0, 0.1) is 6.92 Å². The average Bonchev–Trinajstić information content (AvgIpc) is 3.06. The van der Waals surface area contributed by atoms with E-state index >= 15 is 0 Å². The number of nitrogens with zero attached hydrogens (tertiary/aromatic N) is 3. The summed E-state index contributed by atoms with van der Waals surface area (Å²) in [6, 6.07) is 7.52. The Balaban J connectivity index is 1.67. The zero-order chi connectivity index (χ0) is 16.4. The van der Waals surface area contributed by atoms with Crippen molar-refractivity contribution in [2.24, 2.45) is 0 Å². The van der Waals surface area contributed by atoms with E-state index in [4.69, 9.17) is 0 Å². The van der Waals surface area contributed by atoms with Gasteiger partial charge >= 0.3 is 6.03 Å².